The topological polar surface area (TPSA) is 95.6 Å². The van der Waals surface area contributed by atoms with Gasteiger partial charge in [-0.25, -0.2) is 4.79 Å². The van der Waals surface area contributed by atoms with Crippen LogP contribution < -0.4 is 45.1 Å². The van der Waals surface area contributed by atoms with Crippen LogP contribution >= 0.6 is 67.8 Å². The van der Waals surface area contributed by atoms with Gasteiger partial charge in [-0.3, -0.25) is 0 Å². The summed E-state index contributed by atoms with van der Waals surface area (Å²) in [4.78, 5) is 11.2. The van der Waals surface area contributed by atoms with Gasteiger partial charge in [0.1, 0.15) is 11.5 Å². The summed E-state index contributed by atoms with van der Waals surface area (Å²) in [7, 11) is 0. The van der Waals surface area contributed by atoms with Crippen LogP contribution in [-0.2, 0) is 4.79 Å². The Bertz CT molecular complexity index is 725. The average Bonchev–Trinajstić information content (AvgIpc) is 2.51. The Morgan fingerprint density at radius 1 is 1.21 bits per heavy atom. The van der Waals surface area contributed by atoms with Gasteiger partial charge >= 0.3 is 35.5 Å². The molecule has 0 aromatic heterocycles. The summed E-state index contributed by atoms with van der Waals surface area (Å²) in [5.41, 5.74) is 6.64. The Morgan fingerprint density at radius 2 is 1.75 bits per heavy atom. The fraction of sp³-hybridized carbons (Fsp3) is 0.133. The predicted octanol–water partition coefficient (Wildman–Crippen LogP) is 0.812. The van der Waals surface area contributed by atoms with E-state index in [1.165, 1.54) is 6.07 Å². The molecule has 3 N–H and O–H groups in total. The number of benzene rings is 2. The Hall–Kier alpha value is 0.660. The first kappa shape index (κ1) is 22.7. The van der Waals surface area contributed by atoms with Crippen LogP contribution in [0, 0.1) is 3.57 Å². The number of carboxylic acids is 1. The van der Waals surface area contributed by atoms with Crippen molar-refractivity contribution in [2.24, 2.45) is 5.73 Å². The molecule has 122 valence electrons. The molecule has 5 nitrogen and oxygen atoms in total. The summed E-state index contributed by atoms with van der Waals surface area (Å²) in [5.74, 6) is 0.0553. The first-order valence-corrected chi connectivity index (χ1v) is 9.71. The van der Waals surface area contributed by atoms with E-state index < -0.39 is 13.4 Å². The number of nitrogens with two attached hydrogens (primary N) is 1. The second-order valence-electron chi connectivity index (χ2n) is 4.70. The maximum atomic E-state index is 11.4. The molecule has 0 spiro atoms. The van der Waals surface area contributed by atoms with Crippen LogP contribution in [0.4, 0.5) is 0 Å². The van der Waals surface area contributed by atoms with Gasteiger partial charge in [0.25, 0.3) is 0 Å². The molecular weight excluding hydrogens is 662 g/mol. The summed E-state index contributed by atoms with van der Waals surface area (Å²) >= 11 is 5.71. The van der Waals surface area contributed by atoms with Gasteiger partial charge in [-0.2, -0.15) is 0 Å². The third-order valence-electron chi connectivity index (χ3n) is 3.01. The largest absolute Gasteiger partial charge is 1.00 e. The molecule has 2 aromatic carbocycles. The minimum absolute atomic E-state index is 0. The van der Waals surface area contributed by atoms with Crippen LogP contribution in [0.1, 0.15) is 9.49 Å². The van der Waals surface area contributed by atoms with Crippen LogP contribution in [0.3, 0.4) is 0 Å². The number of hydrogen-bond donors (Lipinski definition) is 2. The monoisotopic (exact) mass is 673 g/mol. The van der Waals surface area contributed by atoms with E-state index in [1.807, 2.05) is 45.2 Å². The molecular formula is C15H11I3NNaO4. The Morgan fingerprint density at radius 3 is 2.25 bits per heavy atom. The molecule has 2 aromatic rings. The predicted molar refractivity (Wildman–Crippen MR) is 110 cm³/mol. The number of halogens is 3. The summed E-state index contributed by atoms with van der Waals surface area (Å²) in [6, 6.07) is 11.8. The molecule has 0 amide bonds. The van der Waals surface area contributed by atoms with Crippen molar-refractivity contribution in [3.63, 3.8) is 0 Å². The van der Waals surface area contributed by atoms with Crippen LogP contribution in [0.15, 0.2) is 42.5 Å². The first-order valence-electron chi connectivity index (χ1n) is 6.31. The number of carbonyl (C=O) groups is 1. The molecule has 2 rings (SSSR count). The second-order valence-corrected chi connectivity index (χ2v) is 8.89. The fourth-order valence-electron chi connectivity index (χ4n) is 1.74. The number of carboxylic acid groups (broad SMARTS) is 1. The van der Waals surface area contributed by atoms with Crippen molar-refractivity contribution in [2.75, 3.05) is 0 Å². The third-order valence-corrected chi connectivity index (χ3v) is 7.83. The fourth-order valence-corrected chi connectivity index (χ4v) is 3.26. The normalized spacial score (nSPS) is 14.2. The molecule has 0 unspecified atom stereocenters. The molecule has 0 saturated carbocycles. The summed E-state index contributed by atoms with van der Waals surface area (Å²) < 4.78 is 4.49. The average molecular weight is 673 g/mol. The van der Waals surface area contributed by atoms with Crippen LogP contribution in [0.25, 0.3) is 0 Å². The molecule has 0 bridgehead atoms. The number of aliphatic carboxylic acids is 1. The maximum absolute atomic E-state index is 11.4. The summed E-state index contributed by atoms with van der Waals surface area (Å²) in [6.07, 6.45) is 0. The van der Waals surface area contributed by atoms with Crippen molar-refractivity contribution in [1.82, 2.24) is 0 Å². The number of rotatable bonds is 5. The van der Waals surface area contributed by atoms with Gasteiger partial charge < -0.3 is 20.7 Å². The van der Waals surface area contributed by atoms with E-state index >= 15 is 0 Å². The minimum atomic E-state index is -1.39. The zero-order valence-electron chi connectivity index (χ0n) is 12.5. The molecule has 9 heteroatoms. The van der Waals surface area contributed by atoms with Crippen molar-refractivity contribution in [2.45, 2.75) is 7.47 Å². The van der Waals surface area contributed by atoms with Crippen molar-refractivity contribution < 1.29 is 49.3 Å². The molecule has 0 aliphatic heterocycles. The van der Waals surface area contributed by atoms with Crippen molar-refractivity contribution in [3.8, 4) is 17.2 Å². The van der Waals surface area contributed by atoms with Gasteiger partial charge in [-0.15, -0.1) is 0 Å². The molecule has 0 aliphatic carbocycles. The molecule has 24 heavy (non-hydrogen) atoms. The zero-order chi connectivity index (χ0) is 17.2. The van der Waals surface area contributed by atoms with E-state index in [0.717, 1.165) is 5.56 Å². The van der Waals surface area contributed by atoms with E-state index in [9.17, 15) is 15.0 Å². The minimum Gasteiger partial charge on any atom is -0.872 e. The summed E-state index contributed by atoms with van der Waals surface area (Å²) in [6.45, 7) is 0. The van der Waals surface area contributed by atoms with E-state index in [4.69, 9.17) is 10.5 Å². The third kappa shape index (κ3) is 5.58. The standard InChI is InChI=1S/C15H12I3NO4.Na/c16-11-7-10(5-6-12(11)20)23-9-3-1-8(2-4-9)13(17)15(18,19)14(21)22;/h1-7,13,20H,19H2,(H,21,22);/q;+1/p-1/t13-,15+;/m1./s1. The number of hydrogen-bond acceptors (Lipinski definition) is 4. The maximum Gasteiger partial charge on any atom is 1.00 e. The van der Waals surface area contributed by atoms with Crippen LogP contribution in [-0.4, -0.2) is 14.6 Å². The van der Waals surface area contributed by atoms with Crippen molar-refractivity contribution in [1.29, 1.82) is 0 Å². The second kappa shape index (κ2) is 9.55. The molecule has 0 fully saturated rings. The molecule has 2 atom stereocenters. The van der Waals surface area contributed by atoms with Crippen LogP contribution in [0.5, 0.6) is 17.2 Å². The van der Waals surface area contributed by atoms with E-state index in [1.54, 1.807) is 59.0 Å². The number of ether oxygens (including phenoxy) is 1. The van der Waals surface area contributed by atoms with E-state index in [0.29, 0.717) is 15.1 Å². The van der Waals surface area contributed by atoms with Gasteiger partial charge in [0.2, 0.25) is 0 Å². The number of alkyl halides is 2. The molecule has 0 radical (unpaired) electrons. The Kier molecular flexibility index (Phi) is 9.04. The SMILES string of the molecule is N[C@](I)(C(=O)O)[C@H](I)c1ccc(Oc2ccc([O-])c(I)c2)cc1.[Na+]. The Labute approximate surface area is 202 Å². The molecule has 0 saturated heterocycles. The van der Waals surface area contributed by atoms with E-state index in [2.05, 4.69) is 0 Å². The van der Waals surface area contributed by atoms with Gasteiger partial charge in [0.15, 0.2) is 3.55 Å². The molecule has 0 aliphatic rings. The quantitative estimate of drug-likeness (QED) is 0.212. The first-order chi connectivity index (χ1) is 10.7. The van der Waals surface area contributed by atoms with E-state index in [-0.39, 0.29) is 35.3 Å². The molecule has 0 heterocycles. The summed E-state index contributed by atoms with van der Waals surface area (Å²) in [5, 5.41) is 20.6. The Balaban J connectivity index is 0.00000288. The van der Waals surface area contributed by atoms with Gasteiger partial charge in [-0.1, -0.05) is 46.5 Å². The van der Waals surface area contributed by atoms with Crippen molar-refractivity contribution in [3.05, 3.63) is 51.6 Å². The zero-order valence-corrected chi connectivity index (χ0v) is 21.0. The van der Waals surface area contributed by atoms with Gasteiger partial charge in [0, 0.05) is 3.57 Å². The van der Waals surface area contributed by atoms with Crippen LogP contribution in [0.2, 0.25) is 0 Å². The van der Waals surface area contributed by atoms with Gasteiger partial charge in [0.05, 0.1) is 3.92 Å². The smallest absolute Gasteiger partial charge is 0.872 e. The van der Waals surface area contributed by atoms with Gasteiger partial charge in [-0.05, 0) is 75.0 Å². The van der Waals surface area contributed by atoms with Crippen molar-refractivity contribution >= 4 is 73.7 Å².